The van der Waals surface area contributed by atoms with Crippen LogP contribution >= 0.6 is 0 Å². The van der Waals surface area contributed by atoms with E-state index in [1.165, 1.54) is 0 Å². The summed E-state index contributed by atoms with van der Waals surface area (Å²) in [5, 5.41) is 0. The van der Waals surface area contributed by atoms with E-state index in [0.29, 0.717) is 17.4 Å². The lowest BCUT2D eigenvalue weighted by molar-refractivity contribution is 0.103. The van der Waals surface area contributed by atoms with E-state index in [1.54, 1.807) is 30.5 Å². The van der Waals surface area contributed by atoms with Crippen LogP contribution in [0.15, 0.2) is 48.7 Å². The molecule has 1 heterocycles. The van der Waals surface area contributed by atoms with Gasteiger partial charge in [-0.25, -0.2) is 0 Å². The number of hydrogen-bond donors (Lipinski definition) is 0. The first-order valence-corrected chi connectivity index (χ1v) is 6.05. The number of aromatic nitrogens is 1. The van der Waals surface area contributed by atoms with Crippen LogP contribution in [-0.4, -0.2) is 16.9 Å². The molecular weight excluding hydrogens is 226 g/mol. The van der Waals surface area contributed by atoms with Crippen LogP contribution in [-0.2, 0) is 0 Å². The molecule has 1 aromatic carbocycles. The van der Waals surface area contributed by atoms with Crippen molar-refractivity contribution >= 4 is 5.78 Å². The van der Waals surface area contributed by atoms with Gasteiger partial charge in [0.25, 0.3) is 0 Å². The largest absolute Gasteiger partial charge is 0.490 e. The van der Waals surface area contributed by atoms with Crippen molar-refractivity contribution in [2.24, 2.45) is 0 Å². The van der Waals surface area contributed by atoms with E-state index < -0.39 is 0 Å². The molecule has 0 saturated heterocycles. The number of benzene rings is 1. The van der Waals surface area contributed by atoms with Crippen molar-refractivity contribution < 1.29 is 9.53 Å². The maximum absolute atomic E-state index is 12.1. The summed E-state index contributed by atoms with van der Waals surface area (Å²) in [4.78, 5) is 16.1. The van der Waals surface area contributed by atoms with Crippen molar-refractivity contribution in [3.8, 4) is 5.75 Å². The van der Waals surface area contributed by atoms with Gasteiger partial charge in [-0.15, -0.1) is 0 Å². The van der Waals surface area contributed by atoms with Crippen LogP contribution < -0.4 is 4.74 Å². The number of hydrogen-bond acceptors (Lipinski definition) is 3. The molecule has 1 saturated carbocycles. The first-order valence-electron chi connectivity index (χ1n) is 6.05. The predicted molar refractivity (Wildman–Crippen MR) is 67.8 cm³/mol. The number of carbonyl (C=O) groups excluding carboxylic acids is 1. The molecule has 3 rings (SSSR count). The molecule has 2 aromatic rings. The number of ketones is 1. The predicted octanol–water partition coefficient (Wildman–Crippen LogP) is 2.85. The van der Waals surface area contributed by atoms with Crippen LogP contribution in [0.3, 0.4) is 0 Å². The molecule has 0 aliphatic heterocycles. The molecule has 3 nitrogen and oxygen atoms in total. The number of rotatable bonds is 4. The minimum Gasteiger partial charge on any atom is -0.490 e. The third-order valence-electron chi connectivity index (χ3n) is 2.84. The summed E-state index contributed by atoms with van der Waals surface area (Å²) < 4.78 is 5.64. The van der Waals surface area contributed by atoms with Crippen LogP contribution in [0, 0.1) is 0 Å². The molecule has 1 fully saturated rings. The van der Waals surface area contributed by atoms with Gasteiger partial charge in [-0.1, -0.05) is 6.07 Å². The lowest BCUT2D eigenvalue weighted by Crippen LogP contribution is -2.03. The first kappa shape index (κ1) is 11.0. The Bertz CT molecular complexity index is 544. The van der Waals surface area contributed by atoms with E-state index in [1.807, 2.05) is 18.2 Å². The molecule has 0 atom stereocenters. The monoisotopic (exact) mass is 239 g/mol. The van der Waals surface area contributed by atoms with E-state index in [-0.39, 0.29) is 5.78 Å². The van der Waals surface area contributed by atoms with E-state index in [9.17, 15) is 4.79 Å². The summed E-state index contributed by atoms with van der Waals surface area (Å²) in [5.74, 6) is 0.767. The van der Waals surface area contributed by atoms with E-state index in [0.717, 1.165) is 18.6 Å². The van der Waals surface area contributed by atoms with E-state index in [4.69, 9.17) is 4.74 Å². The van der Waals surface area contributed by atoms with Gasteiger partial charge in [0, 0.05) is 11.8 Å². The molecule has 18 heavy (non-hydrogen) atoms. The molecule has 0 unspecified atom stereocenters. The smallest absolute Gasteiger partial charge is 0.211 e. The molecule has 0 bridgehead atoms. The van der Waals surface area contributed by atoms with Gasteiger partial charge >= 0.3 is 0 Å². The van der Waals surface area contributed by atoms with Crippen molar-refractivity contribution in [3.05, 3.63) is 59.9 Å². The second-order valence-electron chi connectivity index (χ2n) is 4.39. The van der Waals surface area contributed by atoms with Crippen LogP contribution in [0.4, 0.5) is 0 Å². The zero-order valence-corrected chi connectivity index (χ0v) is 9.87. The van der Waals surface area contributed by atoms with Crippen molar-refractivity contribution in [2.45, 2.75) is 18.9 Å². The highest BCUT2D eigenvalue weighted by Gasteiger charge is 2.23. The maximum atomic E-state index is 12.1. The quantitative estimate of drug-likeness (QED) is 0.770. The van der Waals surface area contributed by atoms with Gasteiger partial charge in [0.1, 0.15) is 11.4 Å². The lowest BCUT2D eigenvalue weighted by atomic mass is 10.1. The van der Waals surface area contributed by atoms with Crippen LogP contribution in [0.5, 0.6) is 5.75 Å². The third kappa shape index (κ3) is 2.40. The maximum Gasteiger partial charge on any atom is 0.211 e. The number of nitrogens with zero attached hydrogens (tertiary/aromatic N) is 1. The Morgan fingerprint density at radius 3 is 2.50 bits per heavy atom. The first-order chi connectivity index (χ1) is 8.83. The minimum atomic E-state index is -0.0615. The third-order valence-corrected chi connectivity index (χ3v) is 2.84. The Hall–Kier alpha value is -2.16. The van der Waals surface area contributed by atoms with E-state index in [2.05, 4.69) is 4.98 Å². The number of pyridine rings is 1. The van der Waals surface area contributed by atoms with E-state index >= 15 is 0 Å². The highest BCUT2D eigenvalue weighted by molar-refractivity contribution is 6.07. The summed E-state index contributed by atoms with van der Waals surface area (Å²) in [7, 11) is 0. The summed E-state index contributed by atoms with van der Waals surface area (Å²) in [6, 6.07) is 12.6. The Morgan fingerprint density at radius 1 is 1.11 bits per heavy atom. The standard InChI is InChI=1S/C15H13NO2/c17-15(14-3-1-2-10-16-14)11-4-6-12(7-5-11)18-13-8-9-13/h1-7,10,13H,8-9H2. The van der Waals surface area contributed by atoms with Crippen molar-refractivity contribution in [3.63, 3.8) is 0 Å². The molecule has 1 aromatic heterocycles. The van der Waals surface area contributed by atoms with Crippen LogP contribution in [0.25, 0.3) is 0 Å². The van der Waals surface area contributed by atoms with Crippen molar-refractivity contribution in [2.75, 3.05) is 0 Å². The Balaban J connectivity index is 1.77. The highest BCUT2D eigenvalue weighted by Crippen LogP contribution is 2.26. The van der Waals surface area contributed by atoms with Gasteiger partial charge in [0.15, 0.2) is 0 Å². The molecule has 0 N–H and O–H groups in total. The fourth-order valence-corrected chi connectivity index (χ4v) is 1.71. The highest BCUT2D eigenvalue weighted by atomic mass is 16.5. The summed E-state index contributed by atoms with van der Waals surface area (Å²) in [6.07, 6.45) is 4.27. The van der Waals surface area contributed by atoms with Gasteiger partial charge in [0.05, 0.1) is 6.10 Å². The minimum absolute atomic E-state index is 0.0615. The molecule has 1 aliphatic carbocycles. The topological polar surface area (TPSA) is 39.2 Å². The Morgan fingerprint density at radius 2 is 1.89 bits per heavy atom. The molecule has 0 radical (unpaired) electrons. The van der Waals surface area contributed by atoms with Gasteiger partial charge in [-0.05, 0) is 49.2 Å². The molecule has 0 spiro atoms. The van der Waals surface area contributed by atoms with Gasteiger partial charge in [0.2, 0.25) is 5.78 Å². The van der Waals surface area contributed by atoms with Crippen molar-refractivity contribution in [1.29, 1.82) is 0 Å². The molecule has 0 amide bonds. The fourth-order valence-electron chi connectivity index (χ4n) is 1.71. The summed E-state index contributed by atoms with van der Waals surface area (Å²) >= 11 is 0. The average Bonchev–Trinajstić information content (AvgIpc) is 3.24. The van der Waals surface area contributed by atoms with Crippen LogP contribution in [0.1, 0.15) is 28.9 Å². The molecule has 1 aliphatic rings. The van der Waals surface area contributed by atoms with Gasteiger partial charge in [-0.2, -0.15) is 0 Å². The van der Waals surface area contributed by atoms with Crippen LogP contribution in [0.2, 0.25) is 0 Å². The van der Waals surface area contributed by atoms with Crippen molar-refractivity contribution in [1.82, 2.24) is 4.98 Å². The zero-order chi connectivity index (χ0) is 12.4. The summed E-state index contributed by atoms with van der Waals surface area (Å²) in [6.45, 7) is 0. The Labute approximate surface area is 105 Å². The molecular formula is C15H13NO2. The van der Waals surface area contributed by atoms with Gasteiger partial charge < -0.3 is 4.74 Å². The summed E-state index contributed by atoms with van der Waals surface area (Å²) in [5.41, 5.74) is 1.10. The number of carbonyl (C=O) groups is 1. The second kappa shape index (κ2) is 4.61. The number of ether oxygens (including phenoxy) is 1. The lowest BCUT2D eigenvalue weighted by Gasteiger charge is -2.05. The fraction of sp³-hybridized carbons (Fsp3) is 0.200. The SMILES string of the molecule is O=C(c1ccc(OC2CC2)cc1)c1ccccn1. The normalized spacial score (nSPS) is 14.2. The Kier molecular flexibility index (Phi) is 2.81. The molecule has 3 heteroatoms. The second-order valence-corrected chi connectivity index (χ2v) is 4.39. The zero-order valence-electron chi connectivity index (χ0n) is 9.87. The van der Waals surface area contributed by atoms with Gasteiger partial charge in [-0.3, -0.25) is 9.78 Å². The average molecular weight is 239 g/mol. The molecule has 90 valence electrons.